The van der Waals surface area contributed by atoms with Gasteiger partial charge in [-0.05, 0) is 43.7 Å². The van der Waals surface area contributed by atoms with Crippen LogP contribution in [0.1, 0.15) is 49.8 Å². The molecule has 0 atom stereocenters. The van der Waals surface area contributed by atoms with Gasteiger partial charge in [-0.3, -0.25) is 4.79 Å². The van der Waals surface area contributed by atoms with Crippen LogP contribution in [-0.4, -0.2) is 26.1 Å². The van der Waals surface area contributed by atoms with Gasteiger partial charge in [0.1, 0.15) is 17.3 Å². The van der Waals surface area contributed by atoms with Crippen LogP contribution in [0.4, 0.5) is 0 Å². The smallest absolute Gasteiger partial charge is 0.237 e. The molecule has 2 aromatic carbocycles. The molecule has 154 valence electrons. The summed E-state index contributed by atoms with van der Waals surface area (Å²) in [6, 6.07) is 14.4. The Balaban J connectivity index is 1.47. The van der Waals surface area contributed by atoms with Gasteiger partial charge in [0.15, 0.2) is 0 Å². The fourth-order valence-corrected chi connectivity index (χ4v) is 5.37. The largest absolute Gasteiger partial charge is 0.457 e. The lowest BCUT2D eigenvalue weighted by molar-refractivity contribution is -0.119. The average Bonchev–Trinajstić information content (AvgIpc) is 2.69. The average molecular weight is 415 g/mol. The predicted octanol–water partition coefficient (Wildman–Crippen LogP) is 3.50. The van der Waals surface area contributed by atoms with E-state index in [0.29, 0.717) is 17.4 Å². The molecule has 0 radical (unpaired) electrons. The molecule has 0 unspecified atom stereocenters. The molecule has 4 rings (SSSR count). The molecule has 7 heteroatoms. The van der Waals surface area contributed by atoms with E-state index in [4.69, 9.17) is 4.74 Å². The van der Waals surface area contributed by atoms with Gasteiger partial charge in [0.2, 0.25) is 15.9 Å². The molecule has 1 fully saturated rings. The Morgan fingerprint density at radius 3 is 2.10 bits per heavy atom. The molecule has 0 saturated heterocycles. The van der Waals surface area contributed by atoms with E-state index in [2.05, 4.69) is 17.0 Å². The van der Waals surface area contributed by atoms with E-state index in [-0.39, 0.29) is 6.04 Å². The normalized spacial score (nSPS) is 21.6. The second kappa shape index (κ2) is 8.16. The van der Waals surface area contributed by atoms with Crippen molar-refractivity contribution in [3.8, 4) is 11.5 Å². The Hall–Kier alpha value is -2.38. The van der Waals surface area contributed by atoms with Crippen LogP contribution < -0.4 is 14.8 Å². The highest BCUT2D eigenvalue weighted by Crippen LogP contribution is 2.42. The van der Waals surface area contributed by atoms with E-state index < -0.39 is 27.7 Å². The number of carbonyl (C=O) groups excluding carboxylic acids is 1. The molecule has 6 nitrogen and oxygen atoms in total. The molecule has 0 aromatic heterocycles. The molecule has 1 amide bonds. The monoisotopic (exact) mass is 414 g/mol. The van der Waals surface area contributed by atoms with Crippen LogP contribution in [0.2, 0.25) is 0 Å². The van der Waals surface area contributed by atoms with Crippen molar-refractivity contribution in [2.45, 2.75) is 44.7 Å². The summed E-state index contributed by atoms with van der Waals surface area (Å²) in [5.74, 6) is 0.842. The number of hydrogen-bond donors (Lipinski definition) is 2. The van der Waals surface area contributed by atoms with Gasteiger partial charge in [0.25, 0.3) is 0 Å². The summed E-state index contributed by atoms with van der Waals surface area (Å²) in [6.45, 7) is 2.18. The van der Waals surface area contributed by atoms with Crippen LogP contribution in [0.3, 0.4) is 0 Å². The summed E-state index contributed by atoms with van der Waals surface area (Å²) in [4.78, 5) is 12.7. The first-order valence-electron chi connectivity index (χ1n) is 10.1. The maximum Gasteiger partial charge on any atom is 0.237 e. The summed E-state index contributed by atoms with van der Waals surface area (Å²) < 4.78 is 33.7. The first-order valence-corrected chi connectivity index (χ1v) is 11.7. The standard InChI is InChI=1S/C22H26N2O4S/c1-15-10-12-16(13-11-15)24-29(26,27)14-21(25)23-22-17-6-2-4-8-19(17)28-20-9-5-3-7-18(20)22/h2-9,15-16,22,24H,10-14H2,1H3,(H,23,25). The number of nitrogens with one attached hydrogen (secondary N) is 2. The first kappa shape index (κ1) is 19.9. The third-order valence-corrected chi connectivity index (χ3v) is 7.00. The van der Waals surface area contributed by atoms with E-state index in [0.717, 1.165) is 36.8 Å². The minimum Gasteiger partial charge on any atom is -0.457 e. The molecule has 0 bridgehead atoms. The van der Waals surface area contributed by atoms with Crippen LogP contribution in [0, 0.1) is 5.92 Å². The van der Waals surface area contributed by atoms with Crippen molar-refractivity contribution in [3.63, 3.8) is 0 Å². The van der Waals surface area contributed by atoms with Gasteiger partial charge >= 0.3 is 0 Å². The molecule has 2 N–H and O–H groups in total. The third kappa shape index (κ3) is 4.62. The SMILES string of the molecule is CC1CCC(NS(=O)(=O)CC(=O)NC2c3ccccc3Oc3ccccc32)CC1. The molecule has 1 heterocycles. The van der Waals surface area contributed by atoms with Gasteiger partial charge in [-0.1, -0.05) is 43.3 Å². The van der Waals surface area contributed by atoms with Crippen LogP contribution in [0.5, 0.6) is 11.5 Å². The van der Waals surface area contributed by atoms with Crippen molar-refractivity contribution in [3.05, 3.63) is 59.7 Å². The minimum absolute atomic E-state index is 0.0754. The van der Waals surface area contributed by atoms with Crippen molar-refractivity contribution in [2.75, 3.05) is 5.75 Å². The highest BCUT2D eigenvalue weighted by atomic mass is 32.2. The molecule has 2 aromatic rings. The van der Waals surface area contributed by atoms with Crippen LogP contribution >= 0.6 is 0 Å². The highest BCUT2D eigenvalue weighted by Gasteiger charge is 2.30. The second-order valence-electron chi connectivity index (χ2n) is 8.01. The highest BCUT2D eigenvalue weighted by molar-refractivity contribution is 7.90. The van der Waals surface area contributed by atoms with Gasteiger partial charge in [-0.2, -0.15) is 0 Å². The van der Waals surface area contributed by atoms with Crippen molar-refractivity contribution in [2.24, 2.45) is 5.92 Å². The molecule has 1 aliphatic heterocycles. The van der Waals surface area contributed by atoms with Gasteiger partial charge in [-0.15, -0.1) is 0 Å². The molecule has 1 aliphatic carbocycles. The van der Waals surface area contributed by atoms with E-state index in [1.54, 1.807) is 0 Å². The number of carbonyl (C=O) groups is 1. The van der Waals surface area contributed by atoms with E-state index in [1.807, 2.05) is 48.5 Å². The maximum absolute atomic E-state index is 12.7. The van der Waals surface area contributed by atoms with Gasteiger partial charge in [0.05, 0.1) is 6.04 Å². The molecule has 1 saturated carbocycles. The number of hydrogen-bond acceptors (Lipinski definition) is 4. The Morgan fingerprint density at radius 2 is 1.52 bits per heavy atom. The number of rotatable bonds is 5. The fraction of sp³-hybridized carbons (Fsp3) is 0.409. The van der Waals surface area contributed by atoms with Crippen LogP contribution in [0.15, 0.2) is 48.5 Å². The van der Waals surface area contributed by atoms with Crippen LogP contribution in [-0.2, 0) is 14.8 Å². The molecule has 0 spiro atoms. The number of para-hydroxylation sites is 2. The van der Waals surface area contributed by atoms with Crippen molar-refractivity contribution in [1.82, 2.24) is 10.0 Å². The quantitative estimate of drug-likeness (QED) is 0.784. The minimum atomic E-state index is -3.70. The maximum atomic E-state index is 12.7. The molecule has 2 aliphatic rings. The van der Waals surface area contributed by atoms with Gasteiger partial charge in [-0.25, -0.2) is 13.1 Å². The van der Waals surface area contributed by atoms with E-state index in [9.17, 15) is 13.2 Å². The van der Waals surface area contributed by atoms with Gasteiger partial charge in [0, 0.05) is 17.2 Å². The van der Waals surface area contributed by atoms with Crippen molar-refractivity contribution >= 4 is 15.9 Å². The van der Waals surface area contributed by atoms with Crippen molar-refractivity contribution in [1.29, 1.82) is 0 Å². The fourth-order valence-electron chi connectivity index (χ4n) is 4.11. The zero-order chi connectivity index (χ0) is 20.4. The predicted molar refractivity (Wildman–Crippen MR) is 111 cm³/mol. The zero-order valence-electron chi connectivity index (χ0n) is 16.4. The molecular weight excluding hydrogens is 388 g/mol. The van der Waals surface area contributed by atoms with E-state index in [1.165, 1.54) is 0 Å². The summed E-state index contributed by atoms with van der Waals surface area (Å²) in [7, 11) is -3.70. The Morgan fingerprint density at radius 1 is 0.966 bits per heavy atom. The van der Waals surface area contributed by atoms with Gasteiger partial charge < -0.3 is 10.1 Å². The lowest BCUT2D eigenvalue weighted by Crippen LogP contribution is -2.43. The number of amides is 1. The molecule has 29 heavy (non-hydrogen) atoms. The van der Waals surface area contributed by atoms with E-state index >= 15 is 0 Å². The summed E-state index contributed by atoms with van der Waals surface area (Å²) in [6.07, 6.45) is 3.66. The van der Waals surface area contributed by atoms with Crippen molar-refractivity contribution < 1.29 is 17.9 Å². The number of fused-ring (bicyclic) bond motifs is 2. The summed E-state index contributed by atoms with van der Waals surface area (Å²) in [5.41, 5.74) is 1.62. The Kier molecular flexibility index (Phi) is 5.61. The Labute approximate surface area is 171 Å². The number of ether oxygens (including phenoxy) is 1. The van der Waals surface area contributed by atoms with Crippen LogP contribution in [0.25, 0.3) is 0 Å². The zero-order valence-corrected chi connectivity index (χ0v) is 17.2. The second-order valence-corrected chi connectivity index (χ2v) is 9.77. The third-order valence-electron chi connectivity index (χ3n) is 5.67. The summed E-state index contributed by atoms with van der Waals surface area (Å²) >= 11 is 0. The number of sulfonamides is 1. The molecular formula is C22H26N2O4S. The lowest BCUT2D eigenvalue weighted by Gasteiger charge is -2.29. The lowest BCUT2D eigenvalue weighted by atomic mass is 9.88. The topological polar surface area (TPSA) is 84.5 Å². The summed E-state index contributed by atoms with van der Waals surface area (Å²) in [5, 5.41) is 2.89. The number of benzene rings is 2. The Bertz CT molecular complexity index is 952. The first-order chi connectivity index (χ1) is 13.9.